The van der Waals surface area contributed by atoms with Crippen LogP contribution >= 0.6 is 27.3 Å². The highest BCUT2D eigenvalue weighted by molar-refractivity contribution is 9.10. The fraction of sp³-hybridized carbons (Fsp3) is 0.471. The summed E-state index contributed by atoms with van der Waals surface area (Å²) in [6, 6.07) is 8.37. The number of halogens is 1. The van der Waals surface area contributed by atoms with Crippen LogP contribution in [0.3, 0.4) is 0 Å². The van der Waals surface area contributed by atoms with E-state index in [0.717, 1.165) is 28.4 Å². The summed E-state index contributed by atoms with van der Waals surface area (Å²) in [4.78, 5) is 7.27. The molecule has 0 atom stereocenters. The third kappa shape index (κ3) is 4.82. The van der Waals surface area contributed by atoms with Gasteiger partial charge in [0.1, 0.15) is 0 Å². The smallest absolute Gasteiger partial charge is 0.185 e. The molecular weight excluding hydrogens is 344 g/mol. The van der Waals surface area contributed by atoms with Crippen molar-refractivity contribution in [3.63, 3.8) is 0 Å². The lowest BCUT2D eigenvalue weighted by molar-refractivity contribution is 0.667. The molecule has 0 bridgehead atoms. The van der Waals surface area contributed by atoms with Gasteiger partial charge in [0.05, 0.1) is 5.69 Å². The second kappa shape index (κ2) is 8.54. The lowest BCUT2D eigenvalue weighted by Gasteiger charge is -2.20. The van der Waals surface area contributed by atoms with Gasteiger partial charge < -0.3 is 4.90 Å². The third-order valence-corrected chi connectivity index (χ3v) is 4.86. The van der Waals surface area contributed by atoms with Gasteiger partial charge in [0, 0.05) is 28.5 Å². The lowest BCUT2D eigenvalue weighted by atomic mass is 10.2. The molecular formula is C17H23BrN2S. The molecule has 0 saturated heterocycles. The van der Waals surface area contributed by atoms with E-state index in [9.17, 15) is 0 Å². The van der Waals surface area contributed by atoms with Gasteiger partial charge in [0.15, 0.2) is 5.13 Å². The molecule has 0 aliphatic heterocycles. The molecule has 21 heavy (non-hydrogen) atoms. The Labute approximate surface area is 140 Å². The standard InChI is InChI=1S/C17H23BrN2S/c1-3-5-6-12-20(11-4-2)17-19-16(13-21-17)14-7-9-15(18)10-8-14/h7-10,13H,3-6,11-12H2,1-2H3. The molecule has 0 radical (unpaired) electrons. The predicted molar refractivity (Wildman–Crippen MR) is 97.3 cm³/mol. The zero-order valence-electron chi connectivity index (χ0n) is 12.8. The first-order valence-electron chi connectivity index (χ1n) is 7.71. The van der Waals surface area contributed by atoms with Crippen molar-refractivity contribution in [3.8, 4) is 11.3 Å². The highest BCUT2D eigenvalue weighted by Crippen LogP contribution is 2.28. The largest absolute Gasteiger partial charge is 0.348 e. The Balaban J connectivity index is 2.10. The first-order chi connectivity index (χ1) is 10.2. The van der Waals surface area contributed by atoms with Crippen molar-refractivity contribution in [2.75, 3.05) is 18.0 Å². The summed E-state index contributed by atoms with van der Waals surface area (Å²) >= 11 is 5.23. The van der Waals surface area contributed by atoms with Gasteiger partial charge >= 0.3 is 0 Å². The molecule has 4 heteroatoms. The number of anilines is 1. The number of hydrogen-bond acceptors (Lipinski definition) is 3. The molecule has 0 fully saturated rings. The molecule has 0 aliphatic rings. The zero-order valence-corrected chi connectivity index (χ0v) is 15.2. The zero-order chi connectivity index (χ0) is 15.1. The molecule has 114 valence electrons. The van der Waals surface area contributed by atoms with E-state index in [1.165, 1.54) is 31.2 Å². The topological polar surface area (TPSA) is 16.1 Å². The molecule has 0 amide bonds. The highest BCUT2D eigenvalue weighted by atomic mass is 79.9. The maximum Gasteiger partial charge on any atom is 0.185 e. The van der Waals surface area contributed by atoms with Gasteiger partial charge in [0.2, 0.25) is 0 Å². The van der Waals surface area contributed by atoms with E-state index in [0.29, 0.717) is 0 Å². The van der Waals surface area contributed by atoms with Gasteiger partial charge in [-0.25, -0.2) is 4.98 Å². The van der Waals surface area contributed by atoms with Crippen molar-refractivity contribution >= 4 is 32.4 Å². The molecule has 1 aromatic carbocycles. The fourth-order valence-corrected chi connectivity index (χ4v) is 3.44. The summed E-state index contributed by atoms with van der Waals surface area (Å²) in [6.07, 6.45) is 4.98. The third-order valence-electron chi connectivity index (χ3n) is 3.43. The average Bonchev–Trinajstić information content (AvgIpc) is 2.97. The first-order valence-corrected chi connectivity index (χ1v) is 9.38. The Hall–Kier alpha value is -0.870. The number of hydrogen-bond donors (Lipinski definition) is 0. The van der Waals surface area contributed by atoms with Crippen LogP contribution < -0.4 is 4.90 Å². The molecule has 2 aromatic rings. The maximum absolute atomic E-state index is 4.84. The van der Waals surface area contributed by atoms with Crippen LogP contribution in [0.4, 0.5) is 5.13 Å². The second-order valence-corrected chi connectivity index (χ2v) is 6.97. The van der Waals surface area contributed by atoms with Crippen molar-refractivity contribution in [2.24, 2.45) is 0 Å². The molecule has 0 saturated carbocycles. The predicted octanol–water partition coefficient (Wildman–Crippen LogP) is 5.98. The number of benzene rings is 1. The van der Waals surface area contributed by atoms with Crippen LogP contribution in [0.25, 0.3) is 11.3 Å². The van der Waals surface area contributed by atoms with E-state index < -0.39 is 0 Å². The quantitative estimate of drug-likeness (QED) is 0.534. The lowest BCUT2D eigenvalue weighted by Crippen LogP contribution is -2.25. The van der Waals surface area contributed by atoms with E-state index >= 15 is 0 Å². The minimum absolute atomic E-state index is 1.08. The Morgan fingerprint density at radius 2 is 1.81 bits per heavy atom. The number of aromatic nitrogens is 1. The summed E-state index contributed by atoms with van der Waals surface area (Å²) in [5.74, 6) is 0. The molecule has 0 aliphatic carbocycles. The van der Waals surface area contributed by atoms with E-state index in [4.69, 9.17) is 4.98 Å². The van der Waals surface area contributed by atoms with Crippen molar-refractivity contribution in [1.82, 2.24) is 4.98 Å². The summed E-state index contributed by atoms with van der Waals surface area (Å²) in [7, 11) is 0. The summed E-state index contributed by atoms with van der Waals surface area (Å²) < 4.78 is 1.11. The monoisotopic (exact) mass is 366 g/mol. The summed E-state index contributed by atoms with van der Waals surface area (Å²) in [5, 5.41) is 3.33. The van der Waals surface area contributed by atoms with Crippen LogP contribution in [0.2, 0.25) is 0 Å². The Bertz CT molecular complexity index is 536. The van der Waals surface area contributed by atoms with Crippen molar-refractivity contribution in [2.45, 2.75) is 39.5 Å². The number of unbranched alkanes of at least 4 members (excludes halogenated alkanes) is 2. The van der Waals surface area contributed by atoms with Crippen molar-refractivity contribution in [1.29, 1.82) is 0 Å². The number of rotatable bonds is 8. The summed E-state index contributed by atoms with van der Waals surface area (Å²) in [6.45, 7) is 6.70. The van der Waals surface area contributed by atoms with Gasteiger partial charge in [-0.2, -0.15) is 0 Å². The van der Waals surface area contributed by atoms with E-state index in [1.54, 1.807) is 11.3 Å². The van der Waals surface area contributed by atoms with Gasteiger partial charge in [-0.05, 0) is 25.0 Å². The molecule has 0 spiro atoms. The molecule has 2 nitrogen and oxygen atoms in total. The normalized spacial score (nSPS) is 10.8. The van der Waals surface area contributed by atoms with Crippen LogP contribution in [-0.4, -0.2) is 18.1 Å². The molecule has 0 unspecified atom stereocenters. The van der Waals surface area contributed by atoms with E-state index in [2.05, 4.69) is 64.3 Å². The highest BCUT2D eigenvalue weighted by Gasteiger charge is 2.11. The van der Waals surface area contributed by atoms with Gasteiger partial charge in [0.25, 0.3) is 0 Å². The van der Waals surface area contributed by atoms with Gasteiger partial charge in [-0.3, -0.25) is 0 Å². The van der Waals surface area contributed by atoms with Crippen LogP contribution in [0, 0.1) is 0 Å². The molecule has 2 rings (SSSR count). The minimum Gasteiger partial charge on any atom is -0.348 e. The van der Waals surface area contributed by atoms with E-state index in [1.807, 2.05) is 0 Å². The Kier molecular flexibility index (Phi) is 6.71. The van der Waals surface area contributed by atoms with Crippen LogP contribution in [-0.2, 0) is 0 Å². The summed E-state index contributed by atoms with van der Waals surface area (Å²) in [5.41, 5.74) is 2.27. The van der Waals surface area contributed by atoms with Crippen LogP contribution in [0.1, 0.15) is 39.5 Å². The van der Waals surface area contributed by atoms with Crippen molar-refractivity contribution < 1.29 is 0 Å². The molecule has 1 heterocycles. The Morgan fingerprint density at radius 1 is 1.05 bits per heavy atom. The SMILES string of the molecule is CCCCCN(CCC)c1nc(-c2ccc(Br)cc2)cs1. The molecule has 0 N–H and O–H groups in total. The fourth-order valence-electron chi connectivity index (χ4n) is 2.29. The van der Waals surface area contributed by atoms with Crippen LogP contribution in [0.15, 0.2) is 34.1 Å². The number of nitrogens with zero attached hydrogens (tertiary/aromatic N) is 2. The van der Waals surface area contributed by atoms with Gasteiger partial charge in [-0.1, -0.05) is 54.8 Å². The maximum atomic E-state index is 4.84. The first kappa shape index (κ1) is 16.5. The van der Waals surface area contributed by atoms with Gasteiger partial charge in [-0.15, -0.1) is 11.3 Å². The average molecular weight is 367 g/mol. The molecule has 1 aromatic heterocycles. The second-order valence-electron chi connectivity index (χ2n) is 5.22. The number of thiazole rings is 1. The van der Waals surface area contributed by atoms with Crippen molar-refractivity contribution in [3.05, 3.63) is 34.1 Å². The Morgan fingerprint density at radius 3 is 2.48 bits per heavy atom. The minimum atomic E-state index is 1.08. The van der Waals surface area contributed by atoms with Crippen LogP contribution in [0.5, 0.6) is 0 Å². The van der Waals surface area contributed by atoms with E-state index in [-0.39, 0.29) is 0 Å².